The Morgan fingerprint density at radius 3 is 2.59 bits per heavy atom. The van der Waals surface area contributed by atoms with E-state index in [1.807, 2.05) is 0 Å². The topological polar surface area (TPSA) is 35.0 Å². The van der Waals surface area contributed by atoms with Crippen molar-refractivity contribution in [3.8, 4) is 17.1 Å². The third-order valence-electron chi connectivity index (χ3n) is 2.25. The highest BCUT2D eigenvalue weighted by Gasteiger charge is 2.15. The molecule has 3 nitrogen and oxygen atoms in total. The fourth-order valence-electron chi connectivity index (χ4n) is 1.50. The van der Waals surface area contributed by atoms with Crippen molar-refractivity contribution in [3.05, 3.63) is 40.4 Å². The number of aromatic nitrogens is 2. The lowest BCUT2D eigenvalue weighted by molar-refractivity contribution is 0.393. The van der Waals surface area contributed by atoms with Crippen LogP contribution in [0.3, 0.4) is 0 Å². The molecule has 0 aliphatic carbocycles. The number of ether oxygens (including phenoxy) is 1. The molecule has 0 aliphatic rings. The molecule has 0 N–H and O–H groups in total. The predicted octanol–water partition coefficient (Wildman–Crippen LogP) is 3.36. The van der Waals surface area contributed by atoms with Gasteiger partial charge < -0.3 is 4.74 Å². The highest BCUT2D eigenvalue weighted by Crippen LogP contribution is 2.33. The maximum absolute atomic E-state index is 13.7. The summed E-state index contributed by atoms with van der Waals surface area (Å²) in [7, 11) is 1.51. The second-order valence-corrected chi connectivity index (χ2v) is 4.22. The Bertz CT molecular complexity index is 560. The van der Waals surface area contributed by atoms with Crippen molar-refractivity contribution in [1.82, 2.24) is 9.97 Å². The molecule has 0 atom stereocenters. The first-order chi connectivity index (χ1) is 8.13. The average molecular weight is 297 g/mol. The molecule has 0 amide bonds. The van der Waals surface area contributed by atoms with Crippen LogP contribution in [0.5, 0.6) is 5.88 Å². The van der Waals surface area contributed by atoms with Gasteiger partial charge in [0.1, 0.15) is 16.1 Å². The molecule has 0 unspecified atom stereocenters. The van der Waals surface area contributed by atoms with Crippen molar-refractivity contribution in [2.75, 3.05) is 7.11 Å². The van der Waals surface area contributed by atoms with Crippen LogP contribution in [0.25, 0.3) is 11.3 Å². The maximum atomic E-state index is 13.7. The molecule has 0 aliphatic heterocycles. The van der Waals surface area contributed by atoms with E-state index in [0.29, 0.717) is 27.4 Å². The van der Waals surface area contributed by atoms with E-state index >= 15 is 0 Å². The number of benzene rings is 1. The molecule has 0 spiro atoms. The molecule has 88 valence electrons. The van der Waals surface area contributed by atoms with E-state index in [4.69, 9.17) is 4.74 Å². The summed E-state index contributed by atoms with van der Waals surface area (Å²) in [4.78, 5) is 8.34. The second-order valence-electron chi connectivity index (χ2n) is 3.42. The molecule has 2 rings (SSSR count). The van der Waals surface area contributed by atoms with Gasteiger partial charge in [0.25, 0.3) is 0 Å². The third-order valence-corrected chi connectivity index (χ3v) is 2.97. The minimum atomic E-state index is -0.326. The molecule has 0 radical (unpaired) electrons. The van der Waals surface area contributed by atoms with Crippen molar-refractivity contribution in [3.63, 3.8) is 0 Å². The van der Waals surface area contributed by atoms with Gasteiger partial charge in [-0.25, -0.2) is 9.37 Å². The zero-order chi connectivity index (χ0) is 12.4. The first-order valence-electron chi connectivity index (χ1n) is 4.96. The number of halogens is 2. The molecule has 1 aromatic carbocycles. The standard InChI is InChI=1S/C12H10BrFN2O/c1-7-15-11(10(13)12(16-7)17-2)8-5-3-4-6-9(8)14/h3-6H,1-2H3. The first-order valence-corrected chi connectivity index (χ1v) is 5.76. The Hall–Kier alpha value is -1.49. The summed E-state index contributed by atoms with van der Waals surface area (Å²) in [5.74, 6) is 0.604. The van der Waals surface area contributed by atoms with Gasteiger partial charge in [-0.05, 0) is 35.0 Å². The van der Waals surface area contributed by atoms with Crippen molar-refractivity contribution in [2.45, 2.75) is 6.92 Å². The number of hydrogen-bond acceptors (Lipinski definition) is 3. The van der Waals surface area contributed by atoms with Crippen LogP contribution in [0, 0.1) is 12.7 Å². The molecular weight excluding hydrogens is 287 g/mol. The highest BCUT2D eigenvalue weighted by atomic mass is 79.9. The number of methoxy groups -OCH3 is 1. The second kappa shape index (κ2) is 4.79. The lowest BCUT2D eigenvalue weighted by Crippen LogP contribution is -1.99. The normalized spacial score (nSPS) is 10.4. The summed E-state index contributed by atoms with van der Waals surface area (Å²) in [5.41, 5.74) is 0.913. The first kappa shape index (κ1) is 12.0. The Morgan fingerprint density at radius 1 is 1.24 bits per heavy atom. The molecule has 0 saturated carbocycles. The molecule has 1 heterocycles. The van der Waals surface area contributed by atoms with Crippen LogP contribution in [0.4, 0.5) is 4.39 Å². The monoisotopic (exact) mass is 296 g/mol. The van der Waals surface area contributed by atoms with Gasteiger partial charge in [-0.3, -0.25) is 0 Å². The third kappa shape index (κ3) is 2.29. The Labute approximate surface area is 107 Å². The van der Waals surface area contributed by atoms with Gasteiger partial charge in [0.15, 0.2) is 0 Å². The summed E-state index contributed by atoms with van der Waals surface area (Å²) in [5, 5.41) is 0. The molecule has 17 heavy (non-hydrogen) atoms. The summed E-state index contributed by atoms with van der Waals surface area (Å²) in [6.45, 7) is 1.74. The molecule has 5 heteroatoms. The van der Waals surface area contributed by atoms with Crippen molar-refractivity contribution >= 4 is 15.9 Å². The quantitative estimate of drug-likeness (QED) is 0.852. The fourth-order valence-corrected chi connectivity index (χ4v) is 2.05. The maximum Gasteiger partial charge on any atom is 0.231 e. The molecule has 0 bridgehead atoms. The van der Waals surface area contributed by atoms with Crippen LogP contribution < -0.4 is 4.74 Å². The van der Waals surface area contributed by atoms with E-state index in [1.165, 1.54) is 13.2 Å². The zero-order valence-corrected chi connectivity index (χ0v) is 11.0. The number of nitrogens with zero attached hydrogens (tertiary/aromatic N) is 2. The molecule has 1 aromatic heterocycles. The number of hydrogen-bond donors (Lipinski definition) is 0. The number of aryl methyl sites for hydroxylation is 1. The number of rotatable bonds is 2. The minimum Gasteiger partial charge on any atom is -0.480 e. The zero-order valence-electron chi connectivity index (χ0n) is 9.37. The molecular formula is C12H10BrFN2O. The van der Waals surface area contributed by atoms with Crippen LogP contribution in [-0.2, 0) is 0 Å². The van der Waals surface area contributed by atoms with Crippen molar-refractivity contribution in [1.29, 1.82) is 0 Å². The lowest BCUT2D eigenvalue weighted by atomic mass is 10.1. The van der Waals surface area contributed by atoms with Gasteiger partial charge in [0.2, 0.25) is 5.88 Å². The van der Waals surface area contributed by atoms with Gasteiger partial charge in [-0.2, -0.15) is 4.98 Å². The van der Waals surface area contributed by atoms with Gasteiger partial charge in [0.05, 0.1) is 12.8 Å². The van der Waals surface area contributed by atoms with E-state index in [1.54, 1.807) is 25.1 Å². The Balaban J connectivity index is 2.67. The van der Waals surface area contributed by atoms with Crippen molar-refractivity contribution < 1.29 is 9.13 Å². The molecule has 2 aromatic rings. The minimum absolute atomic E-state index is 0.326. The summed E-state index contributed by atoms with van der Waals surface area (Å²) < 4.78 is 19.4. The van der Waals surface area contributed by atoms with Gasteiger partial charge in [-0.15, -0.1) is 0 Å². The van der Waals surface area contributed by atoms with Crippen molar-refractivity contribution in [2.24, 2.45) is 0 Å². The van der Waals surface area contributed by atoms with Gasteiger partial charge >= 0.3 is 0 Å². The van der Waals surface area contributed by atoms with Gasteiger partial charge in [-0.1, -0.05) is 12.1 Å². The SMILES string of the molecule is COc1nc(C)nc(-c2ccccc2F)c1Br. The van der Waals surface area contributed by atoms with Crippen LogP contribution in [-0.4, -0.2) is 17.1 Å². The summed E-state index contributed by atoms with van der Waals surface area (Å²) in [6.07, 6.45) is 0. The predicted molar refractivity (Wildman–Crippen MR) is 66.4 cm³/mol. The summed E-state index contributed by atoms with van der Waals surface area (Å²) in [6, 6.07) is 6.46. The Morgan fingerprint density at radius 2 is 1.94 bits per heavy atom. The van der Waals surface area contributed by atoms with E-state index in [2.05, 4.69) is 25.9 Å². The summed E-state index contributed by atoms with van der Waals surface area (Å²) >= 11 is 3.33. The van der Waals surface area contributed by atoms with E-state index in [9.17, 15) is 4.39 Å². The van der Waals surface area contributed by atoms with E-state index in [-0.39, 0.29) is 5.82 Å². The molecule has 0 saturated heterocycles. The fraction of sp³-hybridized carbons (Fsp3) is 0.167. The van der Waals surface area contributed by atoms with Crippen LogP contribution in [0.1, 0.15) is 5.82 Å². The Kier molecular flexibility index (Phi) is 3.38. The highest BCUT2D eigenvalue weighted by molar-refractivity contribution is 9.10. The van der Waals surface area contributed by atoms with E-state index < -0.39 is 0 Å². The van der Waals surface area contributed by atoms with Crippen LogP contribution >= 0.6 is 15.9 Å². The smallest absolute Gasteiger partial charge is 0.231 e. The van der Waals surface area contributed by atoms with Crippen LogP contribution in [0.15, 0.2) is 28.7 Å². The largest absolute Gasteiger partial charge is 0.480 e. The average Bonchev–Trinajstić information content (AvgIpc) is 2.32. The lowest BCUT2D eigenvalue weighted by Gasteiger charge is -2.09. The van der Waals surface area contributed by atoms with Crippen LogP contribution in [0.2, 0.25) is 0 Å². The van der Waals surface area contributed by atoms with E-state index in [0.717, 1.165) is 0 Å². The van der Waals surface area contributed by atoms with Gasteiger partial charge in [0, 0.05) is 5.56 Å². The molecule has 0 fully saturated rings.